The predicted molar refractivity (Wildman–Crippen MR) is 76.5 cm³/mol. The van der Waals surface area contributed by atoms with Crippen molar-refractivity contribution in [3.8, 4) is 0 Å². The Bertz CT molecular complexity index is 501. The number of nitrogens with two attached hydrogens (primary N) is 1. The zero-order valence-corrected chi connectivity index (χ0v) is 12.3. The van der Waals surface area contributed by atoms with Gasteiger partial charge in [-0.2, -0.15) is 0 Å². The Morgan fingerprint density at radius 1 is 1.32 bits per heavy atom. The molecule has 0 saturated heterocycles. The Morgan fingerprint density at radius 3 is 2.68 bits per heavy atom. The molecule has 1 rings (SSSR count). The van der Waals surface area contributed by atoms with Crippen molar-refractivity contribution in [3.63, 3.8) is 0 Å². The number of unbranched alkanes of at least 4 members (excludes halogenated alkanes) is 1. The van der Waals surface area contributed by atoms with Gasteiger partial charge >= 0.3 is 0 Å². The standard InChI is InChI=1S/C13H22N2O3S/c1-3-11-6-7-12(14)10-13(11)19(16,17)15-8-4-5-9-18-2/h6-7,10,15H,3-5,8-9,14H2,1-2H3. The molecule has 0 amide bonds. The molecule has 0 radical (unpaired) electrons. The summed E-state index contributed by atoms with van der Waals surface area (Å²) < 4.78 is 31.9. The topological polar surface area (TPSA) is 81.4 Å². The maximum atomic E-state index is 12.2. The van der Waals surface area contributed by atoms with Gasteiger partial charge in [-0.05, 0) is 37.0 Å². The average Bonchev–Trinajstić information content (AvgIpc) is 2.38. The van der Waals surface area contributed by atoms with Gasteiger partial charge in [0.2, 0.25) is 10.0 Å². The Balaban J connectivity index is 2.74. The molecule has 1 aromatic carbocycles. The molecule has 0 unspecified atom stereocenters. The molecular formula is C13H22N2O3S. The molecule has 0 fully saturated rings. The normalized spacial score (nSPS) is 11.7. The number of anilines is 1. The highest BCUT2D eigenvalue weighted by Gasteiger charge is 2.17. The fraction of sp³-hybridized carbons (Fsp3) is 0.538. The first-order valence-electron chi connectivity index (χ1n) is 6.38. The van der Waals surface area contributed by atoms with E-state index in [0.29, 0.717) is 25.3 Å². The zero-order valence-electron chi connectivity index (χ0n) is 11.5. The molecule has 0 heterocycles. The van der Waals surface area contributed by atoms with E-state index in [0.717, 1.165) is 18.4 Å². The number of hydrogen-bond acceptors (Lipinski definition) is 4. The summed E-state index contributed by atoms with van der Waals surface area (Å²) in [6, 6.07) is 4.99. The van der Waals surface area contributed by atoms with Crippen LogP contribution in [0.2, 0.25) is 0 Å². The van der Waals surface area contributed by atoms with Crippen LogP contribution in [-0.4, -0.2) is 28.7 Å². The molecule has 0 saturated carbocycles. The van der Waals surface area contributed by atoms with Crippen LogP contribution >= 0.6 is 0 Å². The predicted octanol–water partition coefficient (Wildman–Crippen LogP) is 1.54. The van der Waals surface area contributed by atoms with E-state index >= 15 is 0 Å². The van der Waals surface area contributed by atoms with Crippen molar-refractivity contribution < 1.29 is 13.2 Å². The lowest BCUT2D eigenvalue weighted by Crippen LogP contribution is -2.26. The highest BCUT2D eigenvalue weighted by atomic mass is 32.2. The summed E-state index contributed by atoms with van der Waals surface area (Å²) in [5, 5.41) is 0. The van der Waals surface area contributed by atoms with Gasteiger partial charge in [0.05, 0.1) is 4.90 Å². The monoisotopic (exact) mass is 286 g/mol. The van der Waals surface area contributed by atoms with Gasteiger partial charge in [-0.3, -0.25) is 0 Å². The summed E-state index contributed by atoms with van der Waals surface area (Å²) in [6.45, 7) is 2.97. The molecule has 3 N–H and O–H groups in total. The number of sulfonamides is 1. The Labute approximate surface area is 115 Å². The molecule has 0 spiro atoms. The SMILES string of the molecule is CCc1ccc(N)cc1S(=O)(=O)NCCCCOC. The molecule has 0 aliphatic heterocycles. The van der Waals surface area contributed by atoms with Gasteiger partial charge in [-0.25, -0.2) is 13.1 Å². The van der Waals surface area contributed by atoms with Crippen LogP contribution in [0, 0.1) is 0 Å². The molecule has 1 aromatic rings. The number of ether oxygens (including phenoxy) is 1. The number of methoxy groups -OCH3 is 1. The van der Waals surface area contributed by atoms with Crippen molar-refractivity contribution in [3.05, 3.63) is 23.8 Å². The van der Waals surface area contributed by atoms with Crippen LogP contribution in [0.1, 0.15) is 25.3 Å². The van der Waals surface area contributed by atoms with Crippen molar-refractivity contribution in [2.24, 2.45) is 0 Å². The van der Waals surface area contributed by atoms with Gasteiger partial charge in [0, 0.05) is 25.9 Å². The molecule has 0 aromatic heterocycles. The first kappa shape index (κ1) is 15.9. The van der Waals surface area contributed by atoms with Gasteiger partial charge in [0.15, 0.2) is 0 Å². The molecule has 0 aliphatic carbocycles. The van der Waals surface area contributed by atoms with Gasteiger partial charge in [0.25, 0.3) is 0 Å². The van der Waals surface area contributed by atoms with Crippen molar-refractivity contribution in [1.29, 1.82) is 0 Å². The lowest BCUT2D eigenvalue weighted by Gasteiger charge is -2.11. The molecular weight excluding hydrogens is 264 g/mol. The van der Waals surface area contributed by atoms with E-state index in [4.69, 9.17) is 10.5 Å². The van der Waals surface area contributed by atoms with Gasteiger partial charge in [0.1, 0.15) is 0 Å². The maximum Gasteiger partial charge on any atom is 0.240 e. The van der Waals surface area contributed by atoms with E-state index in [2.05, 4.69) is 4.72 Å². The van der Waals surface area contributed by atoms with E-state index in [-0.39, 0.29) is 4.90 Å². The van der Waals surface area contributed by atoms with Crippen molar-refractivity contribution in [2.75, 3.05) is 26.0 Å². The lowest BCUT2D eigenvalue weighted by atomic mass is 10.1. The Hall–Kier alpha value is -1.11. The van der Waals surface area contributed by atoms with Crippen LogP contribution in [0.3, 0.4) is 0 Å². The largest absolute Gasteiger partial charge is 0.399 e. The van der Waals surface area contributed by atoms with Crippen molar-refractivity contribution in [2.45, 2.75) is 31.1 Å². The number of hydrogen-bond donors (Lipinski definition) is 2. The minimum Gasteiger partial charge on any atom is -0.399 e. The number of nitrogens with one attached hydrogen (secondary N) is 1. The van der Waals surface area contributed by atoms with E-state index in [1.807, 2.05) is 6.92 Å². The molecule has 6 heteroatoms. The minimum atomic E-state index is -3.48. The van der Waals surface area contributed by atoms with E-state index in [9.17, 15) is 8.42 Å². The first-order valence-corrected chi connectivity index (χ1v) is 7.86. The fourth-order valence-electron chi connectivity index (χ4n) is 1.77. The van der Waals surface area contributed by atoms with Gasteiger partial charge < -0.3 is 10.5 Å². The number of nitrogen functional groups attached to an aromatic ring is 1. The van der Waals surface area contributed by atoms with E-state index in [1.165, 1.54) is 6.07 Å². The summed E-state index contributed by atoms with van der Waals surface area (Å²) in [5.74, 6) is 0. The highest BCUT2D eigenvalue weighted by molar-refractivity contribution is 7.89. The second-order valence-corrected chi connectivity index (χ2v) is 6.05. The summed E-state index contributed by atoms with van der Waals surface area (Å²) >= 11 is 0. The molecule has 108 valence electrons. The second kappa shape index (κ2) is 7.47. The van der Waals surface area contributed by atoms with Crippen LogP contribution < -0.4 is 10.5 Å². The van der Waals surface area contributed by atoms with Crippen LogP contribution in [0.25, 0.3) is 0 Å². The number of aryl methyl sites for hydroxylation is 1. The second-order valence-electron chi connectivity index (χ2n) is 4.32. The lowest BCUT2D eigenvalue weighted by molar-refractivity contribution is 0.193. The highest BCUT2D eigenvalue weighted by Crippen LogP contribution is 2.19. The first-order chi connectivity index (χ1) is 9.01. The summed E-state index contributed by atoms with van der Waals surface area (Å²) in [7, 11) is -1.85. The molecule has 5 nitrogen and oxygen atoms in total. The molecule has 0 atom stereocenters. The molecule has 0 aliphatic rings. The van der Waals surface area contributed by atoms with Crippen molar-refractivity contribution >= 4 is 15.7 Å². The minimum absolute atomic E-state index is 0.279. The molecule has 19 heavy (non-hydrogen) atoms. The van der Waals surface area contributed by atoms with Crippen LogP contribution in [0.4, 0.5) is 5.69 Å². The quantitative estimate of drug-likeness (QED) is 0.561. The zero-order chi connectivity index (χ0) is 14.3. The Morgan fingerprint density at radius 2 is 2.05 bits per heavy atom. The molecule has 0 bridgehead atoms. The maximum absolute atomic E-state index is 12.2. The van der Waals surface area contributed by atoms with E-state index < -0.39 is 10.0 Å². The van der Waals surface area contributed by atoms with Crippen LogP contribution in [0.15, 0.2) is 23.1 Å². The number of rotatable bonds is 8. The third-order valence-electron chi connectivity index (χ3n) is 2.83. The summed E-state index contributed by atoms with van der Waals surface area (Å²) in [5.41, 5.74) is 6.90. The van der Waals surface area contributed by atoms with Crippen molar-refractivity contribution in [1.82, 2.24) is 4.72 Å². The average molecular weight is 286 g/mol. The fourth-order valence-corrected chi connectivity index (χ4v) is 3.19. The van der Waals surface area contributed by atoms with Crippen LogP contribution in [0.5, 0.6) is 0 Å². The third kappa shape index (κ3) is 4.81. The smallest absolute Gasteiger partial charge is 0.240 e. The Kier molecular flexibility index (Phi) is 6.27. The summed E-state index contributed by atoms with van der Waals surface area (Å²) in [6.07, 6.45) is 2.23. The van der Waals surface area contributed by atoms with Gasteiger partial charge in [-0.15, -0.1) is 0 Å². The van der Waals surface area contributed by atoms with Gasteiger partial charge in [-0.1, -0.05) is 13.0 Å². The third-order valence-corrected chi connectivity index (χ3v) is 4.37. The van der Waals surface area contributed by atoms with Crippen LogP contribution in [-0.2, 0) is 21.2 Å². The number of benzene rings is 1. The summed E-state index contributed by atoms with van der Waals surface area (Å²) in [4.78, 5) is 0.279. The van der Waals surface area contributed by atoms with E-state index in [1.54, 1.807) is 19.2 Å².